The third-order valence-corrected chi connectivity index (χ3v) is 6.46. The second-order valence-corrected chi connectivity index (χ2v) is 9.66. The molecule has 1 aliphatic heterocycles. The molecule has 0 atom stereocenters. The summed E-state index contributed by atoms with van der Waals surface area (Å²) in [5.41, 5.74) is 0.821. The molecule has 2 heterocycles. The smallest absolute Gasteiger partial charge is 0.406 e. The quantitative estimate of drug-likeness (QED) is 0.321. The van der Waals surface area contributed by atoms with E-state index < -0.39 is 40.4 Å². The number of anilines is 2. The molecular formula is C27H25F6N4O5+. The highest BCUT2D eigenvalue weighted by atomic mass is 19.4. The van der Waals surface area contributed by atoms with E-state index in [-0.39, 0.29) is 30.9 Å². The first-order valence-electron chi connectivity index (χ1n) is 12.5. The van der Waals surface area contributed by atoms with Crippen molar-refractivity contribution in [2.24, 2.45) is 0 Å². The van der Waals surface area contributed by atoms with Crippen LogP contribution < -0.4 is 20.5 Å². The van der Waals surface area contributed by atoms with Crippen LogP contribution >= 0.6 is 0 Å². The molecule has 1 saturated heterocycles. The maximum Gasteiger partial charge on any atom is 0.573 e. The molecule has 3 aromatic rings. The summed E-state index contributed by atoms with van der Waals surface area (Å²) in [6.45, 7) is 0.970. The van der Waals surface area contributed by atoms with E-state index in [1.807, 2.05) is 4.90 Å². The first kappa shape index (κ1) is 30.4. The summed E-state index contributed by atoms with van der Waals surface area (Å²) in [7, 11) is 1.41. The van der Waals surface area contributed by atoms with E-state index >= 15 is 0 Å². The van der Waals surface area contributed by atoms with Crippen LogP contribution in [0.1, 0.15) is 15.9 Å². The fourth-order valence-electron chi connectivity index (χ4n) is 4.31. The summed E-state index contributed by atoms with van der Waals surface area (Å²) < 4.78 is 79.5. The minimum Gasteiger partial charge on any atom is -0.406 e. The Balaban J connectivity index is 1.41. The van der Waals surface area contributed by atoms with Gasteiger partial charge in [-0.3, -0.25) is 14.4 Å². The number of hydrogen-bond donors (Lipinski definition) is 1. The normalized spacial score (nSPS) is 15.2. The Labute approximate surface area is 235 Å². The van der Waals surface area contributed by atoms with Crippen LogP contribution in [0, 0.1) is 0 Å². The van der Waals surface area contributed by atoms with Crippen LogP contribution in [0.5, 0.6) is 5.75 Å². The van der Waals surface area contributed by atoms with Crippen molar-refractivity contribution in [3.8, 4) is 5.75 Å². The molecule has 1 aromatic heterocycles. The molecule has 1 aliphatic rings. The lowest BCUT2D eigenvalue weighted by molar-refractivity contribution is -1.08. The minimum absolute atomic E-state index is 0.0993. The van der Waals surface area contributed by atoms with Crippen LogP contribution in [-0.2, 0) is 16.2 Å². The number of nitrogens with one attached hydrogen (secondary N) is 1. The molecule has 0 radical (unpaired) electrons. The van der Waals surface area contributed by atoms with Crippen molar-refractivity contribution in [2.45, 2.75) is 19.1 Å². The van der Waals surface area contributed by atoms with Crippen LogP contribution in [0.3, 0.4) is 0 Å². The van der Waals surface area contributed by atoms with Gasteiger partial charge in [-0.15, -0.1) is 17.8 Å². The van der Waals surface area contributed by atoms with E-state index in [0.717, 1.165) is 17.8 Å². The zero-order chi connectivity index (χ0) is 30.7. The Morgan fingerprint density at radius 1 is 0.952 bits per heavy atom. The zero-order valence-electron chi connectivity index (χ0n) is 22.0. The predicted octanol–water partition coefficient (Wildman–Crippen LogP) is 4.33. The molecule has 0 aliphatic carbocycles. The molecule has 1 N–H and O–H groups in total. The van der Waals surface area contributed by atoms with Crippen LogP contribution in [0.15, 0.2) is 71.7 Å². The maximum atomic E-state index is 13.1. The van der Waals surface area contributed by atoms with E-state index in [1.54, 1.807) is 24.3 Å². The fraction of sp³-hybridized carbons (Fsp3) is 0.296. The van der Waals surface area contributed by atoms with Gasteiger partial charge in [0.15, 0.2) is 0 Å². The van der Waals surface area contributed by atoms with Gasteiger partial charge in [0, 0.05) is 17.6 Å². The number of quaternary nitrogens is 1. The lowest BCUT2D eigenvalue weighted by atomic mass is 10.1. The van der Waals surface area contributed by atoms with Gasteiger partial charge < -0.3 is 19.5 Å². The summed E-state index contributed by atoms with van der Waals surface area (Å²) in [5.74, 6) is -3.46. The highest BCUT2D eigenvalue weighted by molar-refractivity contribution is 6.04. The van der Waals surface area contributed by atoms with Gasteiger partial charge in [-0.05, 0) is 54.1 Å². The number of carbonyl (C=O) groups is 2. The summed E-state index contributed by atoms with van der Waals surface area (Å²) in [4.78, 5) is 43.7. The molecule has 0 bridgehead atoms. The standard InChI is InChI=1S/C27H24F6N4O5/c1-37(42-25(40)26(28,29)30)14-12-35(13-15-37)20-5-2-4-18(16-20)17-36-11-3-6-22(24(36)39)23(38)34-19-7-9-21(10-8-19)41-27(31,32)33/h2-11,16H,12-15,17H2,1H3/p+1. The number of aromatic nitrogens is 1. The lowest BCUT2D eigenvalue weighted by Gasteiger charge is -2.39. The van der Waals surface area contributed by atoms with Crippen molar-refractivity contribution in [2.75, 3.05) is 43.4 Å². The molecule has 4 rings (SSSR count). The average Bonchev–Trinajstić information content (AvgIpc) is 2.90. The topological polar surface area (TPSA) is 89.9 Å². The zero-order valence-corrected chi connectivity index (χ0v) is 22.0. The summed E-state index contributed by atoms with van der Waals surface area (Å²) in [6, 6.07) is 14.4. The monoisotopic (exact) mass is 599 g/mol. The molecular weight excluding hydrogens is 574 g/mol. The number of ether oxygens (including phenoxy) is 1. The van der Waals surface area contributed by atoms with Gasteiger partial charge >= 0.3 is 18.5 Å². The minimum atomic E-state index is -5.08. The molecule has 2 aromatic carbocycles. The molecule has 9 nitrogen and oxygen atoms in total. The molecule has 224 valence electrons. The van der Waals surface area contributed by atoms with Crippen molar-refractivity contribution in [1.29, 1.82) is 0 Å². The van der Waals surface area contributed by atoms with Gasteiger partial charge in [0.1, 0.15) is 31.5 Å². The van der Waals surface area contributed by atoms with E-state index in [1.165, 1.54) is 42.1 Å². The Morgan fingerprint density at radius 3 is 2.24 bits per heavy atom. The molecule has 0 unspecified atom stereocenters. The van der Waals surface area contributed by atoms with E-state index in [0.29, 0.717) is 18.7 Å². The van der Waals surface area contributed by atoms with Crippen molar-refractivity contribution in [1.82, 2.24) is 4.57 Å². The summed E-state index contributed by atoms with van der Waals surface area (Å²) in [5, 5.41) is 2.47. The Bertz CT molecular complexity index is 1500. The number of benzene rings is 2. The first-order chi connectivity index (χ1) is 19.6. The molecule has 1 amide bonds. The Hall–Kier alpha value is -4.53. The molecule has 0 saturated carbocycles. The molecule has 1 fully saturated rings. The van der Waals surface area contributed by atoms with Gasteiger partial charge in [0.05, 0.1) is 19.6 Å². The third kappa shape index (κ3) is 7.81. The number of piperazine rings is 1. The summed E-state index contributed by atoms with van der Waals surface area (Å²) in [6.07, 6.45) is -8.44. The van der Waals surface area contributed by atoms with Gasteiger partial charge in [0.25, 0.3) is 11.5 Å². The van der Waals surface area contributed by atoms with E-state index in [4.69, 9.17) is 0 Å². The number of hydroxylamine groups is 3. The summed E-state index contributed by atoms with van der Waals surface area (Å²) >= 11 is 0. The van der Waals surface area contributed by atoms with Gasteiger partial charge in [-0.1, -0.05) is 12.1 Å². The van der Waals surface area contributed by atoms with Crippen molar-refractivity contribution >= 4 is 23.3 Å². The molecule has 15 heteroatoms. The number of amides is 1. The van der Waals surface area contributed by atoms with Gasteiger partial charge in [-0.2, -0.15) is 13.2 Å². The second kappa shape index (κ2) is 11.8. The number of pyridine rings is 1. The second-order valence-electron chi connectivity index (χ2n) is 9.66. The number of hydrogen-bond acceptors (Lipinski definition) is 6. The SMILES string of the molecule is C[N+]1(OC(=O)C(F)(F)F)CCN(c2cccc(Cn3cccc(C(=O)Nc4ccc(OC(F)(F)F)cc4)c3=O)c2)CC1. The van der Waals surface area contributed by atoms with Crippen LogP contribution in [0.4, 0.5) is 37.7 Å². The number of nitrogens with zero attached hydrogens (tertiary/aromatic N) is 3. The Morgan fingerprint density at radius 2 is 1.62 bits per heavy atom. The van der Waals surface area contributed by atoms with Crippen molar-refractivity contribution in [3.63, 3.8) is 0 Å². The number of alkyl halides is 6. The highest BCUT2D eigenvalue weighted by Gasteiger charge is 2.47. The number of likely N-dealkylation sites (N-methyl/N-ethyl adjacent to an activating group) is 1. The Kier molecular flexibility index (Phi) is 8.52. The highest BCUT2D eigenvalue weighted by Crippen LogP contribution is 2.25. The van der Waals surface area contributed by atoms with Crippen LogP contribution in [0.25, 0.3) is 0 Å². The average molecular weight is 600 g/mol. The number of halogens is 6. The van der Waals surface area contributed by atoms with E-state index in [9.17, 15) is 40.7 Å². The largest absolute Gasteiger partial charge is 0.573 e. The molecule has 42 heavy (non-hydrogen) atoms. The third-order valence-electron chi connectivity index (χ3n) is 6.46. The van der Waals surface area contributed by atoms with Gasteiger partial charge in [0.2, 0.25) is 0 Å². The lowest BCUT2D eigenvalue weighted by Crippen LogP contribution is -2.59. The van der Waals surface area contributed by atoms with Crippen molar-refractivity contribution in [3.05, 3.63) is 88.3 Å². The molecule has 0 spiro atoms. The van der Waals surface area contributed by atoms with E-state index in [2.05, 4.69) is 14.9 Å². The van der Waals surface area contributed by atoms with Crippen LogP contribution in [0.2, 0.25) is 0 Å². The first-order valence-corrected chi connectivity index (χ1v) is 12.5. The van der Waals surface area contributed by atoms with Gasteiger partial charge in [-0.25, -0.2) is 4.79 Å². The fourth-order valence-corrected chi connectivity index (χ4v) is 4.31. The van der Waals surface area contributed by atoms with Crippen LogP contribution in [-0.4, -0.2) is 66.9 Å². The maximum absolute atomic E-state index is 13.1. The predicted molar refractivity (Wildman–Crippen MR) is 138 cm³/mol. The van der Waals surface area contributed by atoms with Crippen molar-refractivity contribution < 1.29 is 50.2 Å². The number of carbonyl (C=O) groups excluding carboxylic acids is 2. The number of rotatable bonds is 7.